The minimum Gasteiger partial charge on any atom is -0.326 e. The van der Waals surface area contributed by atoms with Crippen LogP contribution in [0, 0.1) is 5.82 Å². The lowest BCUT2D eigenvalue weighted by molar-refractivity contribution is -0.116. The molecule has 0 fully saturated rings. The normalized spacial score (nSPS) is 11.5. The number of anilines is 2. The summed E-state index contributed by atoms with van der Waals surface area (Å²) in [6.45, 7) is 2.04. The fraction of sp³-hybridized carbons (Fsp3) is 0.200. The smallest absolute Gasteiger partial charge is 0.242 e. The maximum atomic E-state index is 14.0. The second-order valence-electron chi connectivity index (χ2n) is 7.06. The summed E-state index contributed by atoms with van der Waals surface area (Å²) in [7, 11) is 0. The van der Waals surface area contributed by atoms with E-state index in [9.17, 15) is 14.0 Å². The predicted molar refractivity (Wildman–Crippen MR) is 125 cm³/mol. The van der Waals surface area contributed by atoms with E-state index < -0.39 is 11.1 Å². The highest BCUT2D eigenvalue weighted by molar-refractivity contribution is 8.00. The van der Waals surface area contributed by atoms with Gasteiger partial charge in [-0.05, 0) is 42.3 Å². The molecule has 0 radical (unpaired) electrons. The summed E-state index contributed by atoms with van der Waals surface area (Å²) in [5.74, 6) is -0.830. The number of unbranched alkanes of at least 4 members (excludes halogenated alkanes) is 1. The number of hydrogen-bond donors (Lipinski definition) is 2. The van der Waals surface area contributed by atoms with Crippen molar-refractivity contribution in [3.05, 3.63) is 90.2 Å². The van der Waals surface area contributed by atoms with Gasteiger partial charge in [0.15, 0.2) is 0 Å². The molecule has 0 heterocycles. The van der Waals surface area contributed by atoms with Crippen molar-refractivity contribution in [1.29, 1.82) is 0 Å². The van der Waals surface area contributed by atoms with Gasteiger partial charge in [-0.15, -0.1) is 11.8 Å². The van der Waals surface area contributed by atoms with E-state index in [0.29, 0.717) is 12.1 Å². The zero-order valence-electron chi connectivity index (χ0n) is 17.3. The van der Waals surface area contributed by atoms with Gasteiger partial charge in [0.25, 0.3) is 0 Å². The Hall–Kier alpha value is -3.12. The summed E-state index contributed by atoms with van der Waals surface area (Å²) in [5.41, 5.74) is 1.64. The number of nitrogens with one attached hydrogen (secondary N) is 2. The van der Waals surface area contributed by atoms with E-state index in [0.717, 1.165) is 23.3 Å². The number of benzene rings is 3. The Morgan fingerprint density at radius 2 is 1.68 bits per heavy atom. The molecule has 0 aliphatic heterocycles. The Labute approximate surface area is 186 Å². The van der Waals surface area contributed by atoms with Crippen LogP contribution < -0.4 is 10.6 Å². The highest BCUT2D eigenvalue weighted by Gasteiger charge is 2.23. The van der Waals surface area contributed by atoms with Gasteiger partial charge in [-0.2, -0.15) is 0 Å². The average molecular weight is 437 g/mol. The van der Waals surface area contributed by atoms with Crippen molar-refractivity contribution in [2.24, 2.45) is 0 Å². The monoisotopic (exact) mass is 436 g/mol. The van der Waals surface area contributed by atoms with E-state index in [4.69, 9.17) is 0 Å². The summed E-state index contributed by atoms with van der Waals surface area (Å²) in [4.78, 5) is 26.0. The number of amides is 2. The Bertz CT molecular complexity index is 1030. The molecule has 4 nitrogen and oxygen atoms in total. The molecule has 0 aromatic heterocycles. The molecule has 0 saturated heterocycles. The fourth-order valence-electron chi connectivity index (χ4n) is 3.01. The van der Waals surface area contributed by atoms with Crippen molar-refractivity contribution < 1.29 is 14.0 Å². The van der Waals surface area contributed by atoms with E-state index >= 15 is 0 Å². The molecule has 160 valence electrons. The van der Waals surface area contributed by atoms with Gasteiger partial charge in [-0.1, -0.05) is 61.9 Å². The van der Waals surface area contributed by atoms with Crippen LogP contribution in [0.5, 0.6) is 0 Å². The number of thioether (sulfide) groups is 1. The summed E-state index contributed by atoms with van der Waals surface area (Å²) >= 11 is 1.35. The van der Waals surface area contributed by atoms with Crippen molar-refractivity contribution >= 4 is 35.0 Å². The quantitative estimate of drug-likeness (QED) is 0.380. The highest BCUT2D eigenvalue weighted by atomic mass is 32.2. The van der Waals surface area contributed by atoms with Crippen LogP contribution in [0.15, 0.2) is 83.8 Å². The summed E-state index contributed by atoms with van der Waals surface area (Å²) in [6, 6.07) is 22.9. The van der Waals surface area contributed by atoms with Gasteiger partial charge in [-0.25, -0.2) is 4.39 Å². The number of halogens is 1. The van der Waals surface area contributed by atoms with E-state index in [-0.39, 0.29) is 17.5 Å². The molecule has 6 heteroatoms. The van der Waals surface area contributed by atoms with Crippen molar-refractivity contribution in [3.63, 3.8) is 0 Å². The standard InChI is InChI=1S/C25H25FN2O2S/c1-2-3-16-23(29)27-19-12-9-13-20(17-19)31-24(18-10-5-4-6-11-18)25(30)28-22-15-8-7-14-21(22)26/h4-15,17,24H,2-3,16H2,1H3,(H,27,29)(H,28,30). The molecule has 2 amide bonds. The van der Waals surface area contributed by atoms with Crippen LogP contribution in [0.1, 0.15) is 37.0 Å². The first-order valence-electron chi connectivity index (χ1n) is 10.2. The van der Waals surface area contributed by atoms with Gasteiger partial charge >= 0.3 is 0 Å². The number of para-hydroxylation sites is 1. The van der Waals surface area contributed by atoms with Crippen molar-refractivity contribution in [3.8, 4) is 0 Å². The molecule has 31 heavy (non-hydrogen) atoms. The van der Waals surface area contributed by atoms with E-state index in [1.165, 1.54) is 23.9 Å². The minimum absolute atomic E-state index is 0.0269. The van der Waals surface area contributed by atoms with Crippen LogP contribution in [0.2, 0.25) is 0 Å². The molecule has 3 aromatic rings. The van der Waals surface area contributed by atoms with Crippen LogP contribution >= 0.6 is 11.8 Å². The largest absolute Gasteiger partial charge is 0.326 e. The maximum absolute atomic E-state index is 14.0. The Morgan fingerprint density at radius 3 is 2.42 bits per heavy atom. The summed E-state index contributed by atoms with van der Waals surface area (Å²) in [5, 5.41) is 5.01. The Balaban J connectivity index is 1.79. The van der Waals surface area contributed by atoms with E-state index in [2.05, 4.69) is 10.6 Å². The van der Waals surface area contributed by atoms with Gasteiger partial charge in [0, 0.05) is 17.0 Å². The third kappa shape index (κ3) is 6.69. The molecular weight excluding hydrogens is 411 g/mol. The SMILES string of the molecule is CCCCC(=O)Nc1cccc(SC(C(=O)Nc2ccccc2F)c2ccccc2)c1. The Kier molecular flexibility index (Phi) is 8.24. The van der Waals surface area contributed by atoms with Crippen LogP contribution in [-0.4, -0.2) is 11.8 Å². The number of hydrogen-bond acceptors (Lipinski definition) is 3. The average Bonchev–Trinajstić information content (AvgIpc) is 2.78. The van der Waals surface area contributed by atoms with Crippen LogP contribution in [0.4, 0.5) is 15.8 Å². The van der Waals surface area contributed by atoms with Gasteiger partial charge < -0.3 is 10.6 Å². The molecule has 0 aliphatic carbocycles. The van der Waals surface area contributed by atoms with E-state index in [1.54, 1.807) is 12.1 Å². The zero-order valence-corrected chi connectivity index (χ0v) is 18.1. The fourth-order valence-corrected chi connectivity index (χ4v) is 4.09. The van der Waals surface area contributed by atoms with Gasteiger partial charge in [0.2, 0.25) is 11.8 Å². The van der Waals surface area contributed by atoms with Gasteiger partial charge in [0.05, 0.1) is 5.69 Å². The molecule has 0 aliphatic rings. The molecule has 3 rings (SSSR count). The lowest BCUT2D eigenvalue weighted by Gasteiger charge is -2.18. The van der Waals surface area contributed by atoms with E-state index in [1.807, 2.05) is 61.5 Å². The number of rotatable bonds is 9. The van der Waals surface area contributed by atoms with Gasteiger partial charge in [-0.3, -0.25) is 9.59 Å². The van der Waals surface area contributed by atoms with Gasteiger partial charge in [0.1, 0.15) is 11.1 Å². The second kappa shape index (κ2) is 11.3. The molecule has 0 spiro atoms. The van der Waals surface area contributed by atoms with Crippen LogP contribution in [0.3, 0.4) is 0 Å². The Morgan fingerprint density at radius 1 is 0.935 bits per heavy atom. The third-order valence-electron chi connectivity index (χ3n) is 4.60. The lowest BCUT2D eigenvalue weighted by atomic mass is 10.1. The van der Waals surface area contributed by atoms with Crippen LogP contribution in [0.25, 0.3) is 0 Å². The van der Waals surface area contributed by atoms with Crippen molar-refractivity contribution in [2.75, 3.05) is 10.6 Å². The van der Waals surface area contributed by atoms with Crippen molar-refractivity contribution in [1.82, 2.24) is 0 Å². The molecule has 1 atom stereocenters. The number of carbonyl (C=O) groups excluding carboxylic acids is 2. The maximum Gasteiger partial charge on any atom is 0.242 e. The molecule has 3 aromatic carbocycles. The summed E-state index contributed by atoms with van der Waals surface area (Å²) in [6.07, 6.45) is 2.28. The minimum atomic E-state index is -0.591. The molecule has 1 unspecified atom stereocenters. The second-order valence-corrected chi connectivity index (χ2v) is 8.24. The third-order valence-corrected chi connectivity index (χ3v) is 5.85. The molecule has 2 N–H and O–H groups in total. The lowest BCUT2D eigenvalue weighted by Crippen LogP contribution is -2.19. The first kappa shape index (κ1) is 22.6. The molecule has 0 saturated carbocycles. The molecule has 0 bridgehead atoms. The molecular formula is C25H25FN2O2S. The highest BCUT2D eigenvalue weighted by Crippen LogP contribution is 2.37. The topological polar surface area (TPSA) is 58.2 Å². The first-order valence-corrected chi connectivity index (χ1v) is 11.1. The van der Waals surface area contributed by atoms with Crippen LogP contribution in [-0.2, 0) is 9.59 Å². The number of carbonyl (C=O) groups is 2. The zero-order chi connectivity index (χ0) is 22.1. The first-order chi connectivity index (χ1) is 15.1. The predicted octanol–water partition coefficient (Wildman–Crippen LogP) is 6.43. The van der Waals surface area contributed by atoms with Crippen molar-refractivity contribution in [2.45, 2.75) is 36.3 Å². The summed E-state index contributed by atoms with van der Waals surface area (Å²) < 4.78 is 14.0.